The van der Waals surface area contributed by atoms with E-state index in [0.717, 1.165) is 35.5 Å². The van der Waals surface area contributed by atoms with Crippen LogP contribution in [-0.4, -0.2) is 0 Å². The first-order chi connectivity index (χ1) is 7.54. The molecule has 6 unspecified atom stereocenters. The minimum atomic E-state index is 0.714. The Kier molecular flexibility index (Phi) is 3.47. The van der Waals surface area contributed by atoms with Crippen LogP contribution in [-0.2, 0) is 0 Å². The molecule has 6 atom stereocenters. The molecule has 2 fully saturated rings. The third-order valence-corrected chi connectivity index (χ3v) is 4.95. The summed E-state index contributed by atoms with van der Waals surface area (Å²) in [6.45, 7) is 13.5. The monoisotopic (exact) mass is 220 g/mol. The molecule has 2 aliphatic rings. The number of hydrogen-bond acceptors (Lipinski definition) is 0. The van der Waals surface area contributed by atoms with Crippen molar-refractivity contribution < 1.29 is 0 Å². The van der Waals surface area contributed by atoms with E-state index in [1.807, 2.05) is 0 Å². The molecule has 2 saturated carbocycles. The maximum atomic E-state index is 4.00. The van der Waals surface area contributed by atoms with Crippen molar-refractivity contribution in [3.05, 3.63) is 12.7 Å². The highest BCUT2D eigenvalue weighted by atomic mass is 14.6. The van der Waals surface area contributed by atoms with Crippen molar-refractivity contribution in [3.8, 4) is 0 Å². The van der Waals surface area contributed by atoms with Crippen molar-refractivity contribution in [1.82, 2.24) is 0 Å². The second-order valence-electron chi connectivity index (χ2n) is 6.83. The predicted octanol–water partition coefficient (Wildman–Crippen LogP) is 4.76. The van der Waals surface area contributed by atoms with E-state index in [1.54, 1.807) is 0 Å². The van der Waals surface area contributed by atoms with E-state index in [4.69, 9.17) is 0 Å². The lowest BCUT2D eigenvalue weighted by Gasteiger charge is -2.24. The molecule has 0 spiro atoms. The van der Waals surface area contributed by atoms with Gasteiger partial charge in [-0.25, -0.2) is 0 Å². The zero-order chi connectivity index (χ0) is 11.9. The molecule has 0 heterocycles. The SMILES string of the molecule is C=CC(C)C(CC(C)C)C1CC1C1CC1C. The summed E-state index contributed by atoms with van der Waals surface area (Å²) in [6, 6.07) is 0. The van der Waals surface area contributed by atoms with Gasteiger partial charge in [0.25, 0.3) is 0 Å². The van der Waals surface area contributed by atoms with Crippen LogP contribution in [0, 0.1) is 41.4 Å². The molecule has 0 bridgehead atoms. The smallest absolute Gasteiger partial charge is 0.0233 e. The lowest BCUT2D eigenvalue weighted by molar-refractivity contribution is 0.285. The van der Waals surface area contributed by atoms with Gasteiger partial charge in [0, 0.05) is 0 Å². The number of hydrogen-bond donors (Lipinski definition) is 0. The first-order valence-electron chi connectivity index (χ1n) is 7.17. The van der Waals surface area contributed by atoms with Crippen LogP contribution in [0.5, 0.6) is 0 Å². The normalized spacial score (nSPS) is 40.6. The van der Waals surface area contributed by atoms with Crippen molar-refractivity contribution in [2.45, 2.75) is 47.0 Å². The Morgan fingerprint density at radius 1 is 1.19 bits per heavy atom. The Bertz CT molecular complexity index is 253. The Balaban J connectivity index is 1.90. The first kappa shape index (κ1) is 12.2. The second kappa shape index (κ2) is 4.55. The van der Waals surface area contributed by atoms with Crippen molar-refractivity contribution in [1.29, 1.82) is 0 Å². The minimum Gasteiger partial charge on any atom is -0.103 e. The minimum absolute atomic E-state index is 0.714. The van der Waals surface area contributed by atoms with Crippen LogP contribution in [0.4, 0.5) is 0 Å². The van der Waals surface area contributed by atoms with Gasteiger partial charge in [0.15, 0.2) is 0 Å². The molecule has 2 aliphatic carbocycles. The van der Waals surface area contributed by atoms with E-state index in [0.29, 0.717) is 5.92 Å². The van der Waals surface area contributed by atoms with Gasteiger partial charge in [-0.1, -0.05) is 33.8 Å². The summed E-state index contributed by atoms with van der Waals surface area (Å²) in [5.74, 6) is 6.71. The number of allylic oxidation sites excluding steroid dienone is 1. The molecule has 2 rings (SSSR count). The van der Waals surface area contributed by atoms with Crippen molar-refractivity contribution >= 4 is 0 Å². The van der Waals surface area contributed by atoms with Gasteiger partial charge in [-0.3, -0.25) is 0 Å². The molecule has 0 heteroatoms. The zero-order valence-corrected chi connectivity index (χ0v) is 11.4. The molecule has 0 aromatic heterocycles. The summed E-state index contributed by atoms with van der Waals surface area (Å²) in [7, 11) is 0. The average molecular weight is 220 g/mol. The summed E-state index contributed by atoms with van der Waals surface area (Å²) >= 11 is 0. The standard InChI is InChI=1S/C16H28/c1-6-11(4)13(7-10(2)3)15-9-16(15)14-8-12(14)5/h6,10-16H,1,7-9H2,2-5H3. The zero-order valence-electron chi connectivity index (χ0n) is 11.4. The third kappa shape index (κ3) is 2.52. The van der Waals surface area contributed by atoms with Crippen LogP contribution in [0.3, 0.4) is 0 Å². The van der Waals surface area contributed by atoms with Gasteiger partial charge in [-0.2, -0.15) is 0 Å². The summed E-state index contributed by atoms with van der Waals surface area (Å²) in [4.78, 5) is 0. The van der Waals surface area contributed by atoms with Crippen molar-refractivity contribution in [2.75, 3.05) is 0 Å². The van der Waals surface area contributed by atoms with Crippen LogP contribution < -0.4 is 0 Å². The summed E-state index contributed by atoms with van der Waals surface area (Å²) in [6.07, 6.45) is 6.61. The summed E-state index contributed by atoms with van der Waals surface area (Å²) in [5.41, 5.74) is 0. The van der Waals surface area contributed by atoms with Gasteiger partial charge in [-0.05, 0) is 60.7 Å². The molecule has 0 N–H and O–H groups in total. The lowest BCUT2D eigenvalue weighted by Crippen LogP contribution is -2.16. The summed E-state index contributed by atoms with van der Waals surface area (Å²) in [5, 5.41) is 0. The maximum absolute atomic E-state index is 4.00. The van der Waals surface area contributed by atoms with E-state index in [1.165, 1.54) is 19.3 Å². The Morgan fingerprint density at radius 2 is 1.81 bits per heavy atom. The number of rotatable bonds is 6. The molecule has 0 amide bonds. The molecular formula is C16H28. The van der Waals surface area contributed by atoms with Crippen LogP contribution >= 0.6 is 0 Å². The lowest BCUT2D eigenvalue weighted by atomic mass is 9.82. The molecule has 0 radical (unpaired) electrons. The molecule has 16 heavy (non-hydrogen) atoms. The molecular weight excluding hydrogens is 192 g/mol. The molecule has 0 aromatic rings. The van der Waals surface area contributed by atoms with Crippen molar-refractivity contribution in [3.63, 3.8) is 0 Å². The van der Waals surface area contributed by atoms with E-state index < -0.39 is 0 Å². The molecule has 92 valence electrons. The maximum Gasteiger partial charge on any atom is -0.0233 e. The fourth-order valence-corrected chi connectivity index (χ4v) is 3.67. The Hall–Kier alpha value is -0.260. The Labute approximate surface area is 102 Å². The Morgan fingerprint density at radius 3 is 2.25 bits per heavy atom. The third-order valence-electron chi connectivity index (χ3n) is 4.95. The molecule has 0 nitrogen and oxygen atoms in total. The fraction of sp³-hybridized carbons (Fsp3) is 0.875. The average Bonchev–Trinajstić information content (AvgIpc) is 3.08. The summed E-state index contributed by atoms with van der Waals surface area (Å²) < 4.78 is 0. The molecule has 0 saturated heterocycles. The van der Waals surface area contributed by atoms with E-state index in [-0.39, 0.29) is 0 Å². The van der Waals surface area contributed by atoms with Gasteiger partial charge in [-0.15, -0.1) is 6.58 Å². The van der Waals surface area contributed by atoms with Gasteiger partial charge < -0.3 is 0 Å². The quantitative estimate of drug-likeness (QED) is 0.566. The second-order valence-corrected chi connectivity index (χ2v) is 6.83. The van der Waals surface area contributed by atoms with Crippen LogP contribution in [0.2, 0.25) is 0 Å². The molecule has 0 aliphatic heterocycles. The highest BCUT2D eigenvalue weighted by Crippen LogP contribution is 2.61. The van der Waals surface area contributed by atoms with Gasteiger partial charge in [0.05, 0.1) is 0 Å². The topological polar surface area (TPSA) is 0 Å². The van der Waals surface area contributed by atoms with E-state index >= 15 is 0 Å². The van der Waals surface area contributed by atoms with Crippen LogP contribution in [0.25, 0.3) is 0 Å². The largest absolute Gasteiger partial charge is 0.103 e. The van der Waals surface area contributed by atoms with Gasteiger partial charge in [0.1, 0.15) is 0 Å². The van der Waals surface area contributed by atoms with Crippen molar-refractivity contribution in [2.24, 2.45) is 41.4 Å². The van der Waals surface area contributed by atoms with Crippen LogP contribution in [0.15, 0.2) is 12.7 Å². The first-order valence-corrected chi connectivity index (χ1v) is 7.17. The fourth-order valence-electron chi connectivity index (χ4n) is 3.67. The van der Waals surface area contributed by atoms with E-state index in [9.17, 15) is 0 Å². The van der Waals surface area contributed by atoms with E-state index in [2.05, 4.69) is 40.3 Å². The van der Waals surface area contributed by atoms with Gasteiger partial charge in [0.2, 0.25) is 0 Å². The highest BCUT2D eigenvalue weighted by molar-refractivity contribution is 5.04. The van der Waals surface area contributed by atoms with Gasteiger partial charge >= 0.3 is 0 Å². The molecule has 0 aromatic carbocycles. The highest BCUT2D eigenvalue weighted by Gasteiger charge is 2.54. The predicted molar refractivity (Wildman–Crippen MR) is 71.2 cm³/mol. The van der Waals surface area contributed by atoms with Crippen LogP contribution in [0.1, 0.15) is 47.0 Å².